The number of anilines is 1. The molecule has 0 bridgehead atoms. The summed E-state index contributed by atoms with van der Waals surface area (Å²) >= 11 is 9.53. The highest BCUT2D eigenvalue weighted by Crippen LogP contribution is 2.37. The number of amides is 1. The molecule has 1 aromatic heterocycles. The molecule has 1 saturated heterocycles. The molecule has 0 atom stereocenters. The summed E-state index contributed by atoms with van der Waals surface area (Å²) in [5.74, 6) is 1.23. The standard InChI is InChI=1S/C24H26BrClN4O2/c1-30-24(21(25)14-28-30)20-13-19(29-23(31)12-16-2-4-18(26)5-3-16)6-7-22(20)32-15-17-8-10-27-11-9-17/h2-7,13-14,17,27H,8-12,15H2,1H3,(H,29,31). The summed E-state index contributed by atoms with van der Waals surface area (Å²) in [7, 11) is 1.89. The predicted molar refractivity (Wildman–Crippen MR) is 131 cm³/mol. The molecule has 8 heteroatoms. The Kier molecular flexibility index (Phi) is 7.50. The zero-order valence-corrected chi connectivity index (χ0v) is 20.2. The van der Waals surface area contributed by atoms with Crippen molar-refractivity contribution in [1.29, 1.82) is 0 Å². The first kappa shape index (κ1) is 22.8. The minimum atomic E-state index is -0.0919. The number of nitrogens with one attached hydrogen (secondary N) is 2. The van der Waals surface area contributed by atoms with Crippen LogP contribution in [0.4, 0.5) is 5.69 Å². The third kappa shape index (κ3) is 5.71. The first-order valence-electron chi connectivity index (χ1n) is 10.7. The third-order valence-electron chi connectivity index (χ3n) is 5.62. The number of piperidine rings is 1. The van der Waals surface area contributed by atoms with E-state index in [1.807, 2.05) is 37.4 Å². The van der Waals surface area contributed by atoms with Crippen LogP contribution < -0.4 is 15.4 Å². The van der Waals surface area contributed by atoms with Crippen molar-refractivity contribution in [2.75, 3.05) is 25.0 Å². The van der Waals surface area contributed by atoms with Crippen LogP contribution in [0.1, 0.15) is 18.4 Å². The normalized spacial score (nSPS) is 14.3. The highest BCUT2D eigenvalue weighted by atomic mass is 79.9. The zero-order valence-electron chi connectivity index (χ0n) is 17.9. The van der Waals surface area contributed by atoms with Crippen molar-refractivity contribution in [2.45, 2.75) is 19.3 Å². The van der Waals surface area contributed by atoms with Crippen molar-refractivity contribution in [3.63, 3.8) is 0 Å². The lowest BCUT2D eigenvalue weighted by atomic mass is 9.99. The number of hydrogen-bond acceptors (Lipinski definition) is 4. The number of carbonyl (C=O) groups is 1. The molecule has 1 fully saturated rings. The average Bonchev–Trinajstić information content (AvgIpc) is 3.13. The van der Waals surface area contributed by atoms with Gasteiger partial charge in [0.1, 0.15) is 5.75 Å². The molecule has 6 nitrogen and oxygen atoms in total. The van der Waals surface area contributed by atoms with Crippen molar-refractivity contribution in [1.82, 2.24) is 15.1 Å². The molecule has 0 unspecified atom stereocenters. The molecule has 0 aliphatic carbocycles. The summed E-state index contributed by atoms with van der Waals surface area (Å²) in [5, 5.41) is 11.4. The molecule has 32 heavy (non-hydrogen) atoms. The lowest BCUT2D eigenvalue weighted by molar-refractivity contribution is -0.115. The van der Waals surface area contributed by atoms with Crippen LogP contribution in [0.5, 0.6) is 5.75 Å². The fourth-order valence-corrected chi connectivity index (χ4v) is 4.57. The van der Waals surface area contributed by atoms with E-state index in [2.05, 4.69) is 31.7 Å². The minimum Gasteiger partial charge on any atom is -0.493 e. The van der Waals surface area contributed by atoms with Crippen molar-refractivity contribution in [3.8, 4) is 17.0 Å². The fraction of sp³-hybridized carbons (Fsp3) is 0.333. The van der Waals surface area contributed by atoms with Gasteiger partial charge >= 0.3 is 0 Å². The molecule has 4 rings (SSSR count). The Labute approximate surface area is 201 Å². The Hall–Kier alpha value is -2.35. The second-order valence-electron chi connectivity index (χ2n) is 8.03. The van der Waals surface area contributed by atoms with E-state index in [1.54, 1.807) is 23.0 Å². The van der Waals surface area contributed by atoms with Gasteiger partial charge in [0, 0.05) is 23.3 Å². The number of aromatic nitrogens is 2. The monoisotopic (exact) mass is 516 g/mol. The van der Waals surface area contributed by atoms with Crippen molar-refractivity contribution in [3.05, 3.63) is 63.7 Å². The topological polar surface area (TPSA) is 68.2 Å². The first-order chi connectivity index (χ1) is 15.5. The van der Waals surface area contributed by atoms with Crippen LogP contribution in [0.15, 0.2) is 53.1 Å². The lowest BCUT2D eigenvalue weighted by Crippen LogP contribution is -2.30. The average molecular weight is 518 g/mol. The van der Waals surface area contributed by atoms with Crippen molar-refractivity contribution in [2.24, 2.45) is 13.0 Å². The van der Waals surface area contributed by atoms with E-state index in [1.165, 1.54) is 0 Å². The Morgan fingerprint density at radius 1 is 1.25 bits per heavy atom. The molecule has 2 heterocycles. The summed E-state index contributed by atoms with van der Waals surface area (Å²) in [6, 6.07) is 13.0. The highest BCUT2D eigenvalue weighted by molar-refractivity contribution is 9.10. The van der Waals surface area contributed by atoms with Gasteiger partial charge in [0.2, 0.25) is 5.91 Å². The summed E-state index contributed by atoms with van der Waals surface area (Å²) in [5.41, 5.74) is 3.40. The van der Waals surface area contributed by atoms with Gasteiger partial charge in [-0.15, -0.1) is 0 Å². The number of nitrogens with zero attached hydrogens (tertiary/aromatic N) is 2. The number of halogens is 2. The Bertz CT molecular complexity index is 1060. The van der Waals surface area contributed by atoms with Gasteiger partial charge in [0.05, 0.1) is 29.4 Å². The maximum Gasteiger partial charge on any atom is 0.228 e. The van der Waals surface area contributed by atoms with Gasteiger partial charge < -0.3 is 15.4 Å². The van der Waals surface area contributed by atoms with Gasteiger partial charge in [-0.1, -0.05) is 23.7 Å². The number of aryl methyl sites for hydroxylation is 1. The predicted octanol–water partition coefficient (Wildman–Crippen LogP) is 5.06. The van der Waals surface area contributed by atoms with E-state index in [9.17, 15) is 4.79 Å². The summed E-state index contributed by atoms with van der Waals surface area (Å²) in [6.07, 6.45) is 4.26. The fourth-order valence-electron chi connectivity index (χ4n) is 3.88. The molecule has 3 aromatic rings. The number of carbonyl (C=O) groups excluding carboxylic acids is 1. The van der Waals surface area contributed by atoms with Crippen molar-refractivity contribution >= 4 is 39.1 Å². The van der Waals surface area contributed by atoms with Crippen LogP contribution in [0, 0.1) is 5.92 Å². The van der Waals surface area contributed by atoms with Gasteiger partial charge in [0.15, 0.2) is 0 Å². The molecule has 1 amide bonds. The zero-order chi connectivity index (χ0) is 22.5. The number of ether oxygens (including phenoxy) is 1. The summed E-state index contributed by atoms with van der Waals surface area (Å²) in [4.78, 5) is 12.6. The van der Waals surface area contributed by atoms with Gasteiger partial charge in [-0.2, -0.15) is 5.10 Å². The van der Waals surface area contributed by atoms with Gasteiger partial charge in [0.25, 0.3) is 0 Å². The number of hydrogen-bond donors (Lipinski definition) is 2. The van der Waals surface area contributed by atoms with Crippen LogP contribution in [-0.2, 0) is 18.3 Å². The SMILES string of the molecule is Cn1ncc(Br)c1-c1cc(NC(=O)Cc2ccc(Cl)cc2)ccc1OCC1CCNCC1. The van der Waals surface area contributed by atoms with Crippen molar-refractivity contribution < 1.29 is 9.53 Å². The maximum absolute atomic E-state index is 12.6. The van der Waals surface area contributed by atoms with Gasteiger partial charge in [-0.3, -0.25) is 9.48 Å². The van der Waals surface area contributed by atoms with Crippen LogP contribution in [-0.4, -0.2) is 35.4 Å². The molecular formula is C24H26BrClN4O2. The van der Waals surface area contributed by atoms with E-state index in [4.69, 9.17) is 16.3 Å². The van der Waals surface area contributed by atoms with Crippen LogP contribution in [0.2, 0.25) is 5.02 Å². The van der Waals surface area contributed by atoms with Gasteiger partial charge in [-0.05, 0) is 83.7 Å². The molecule has 0 radical (unpaired) electrons. The molecular weight excluding hydrogens is 492 g/mol. The Balaban J connectivity index is 1.54. The molecule has 2 N–H and O–H groups in total. The Morgan fingerprint density at radius 3 is 2.69 bits per heavy atom. The van der Waals surface area contributed by atoms with Crippen LogP contribution >= 0.6 is 27.5 Å². The maximum atomic E-state index is 12.6. The number of rotatable bonds is 7. The summed E-state index contributed by atoms with van der Waals surface area (Å²) < 4.78 is 8.94. The third-order valence-corrected chi connectivity index (χ3v) is 6.46. The Morgan fingerprint density at radius 2 is 2.00 bits per heavy atom. The second-order valence-corrected chi connectivity index (χ2v) is 9.32. The van der Waals surface area contributed by atoms with E-state index < -0.39 is 0 Å². The molecule has 0 spiro atoms. The number of benzene rings is 2. The quantitative estimate of drug-likeness (QED) is 0.460. The van der Waals surface area contributed by atoms with Crippen LogP contribution in [0.25, 0.3) is 11.3 Å². The second kappa shape index (κ2) is 10.5. The van der Waals surface area contributed by atoms with E-state index in [-0.39, 0.29) is 12.3 Å². The van der Waals surface area contributed by atoms with E-state index in [0.717, 1.165) is 53.0 Å². The minimum absolute atomic E-state index is 0.0919. The first-order valence-corrected chi connectivity index (χ1v) is 11.9. The smallest absolute Gasteiger partial charge is 0.228 e. The largest absolute Gasteiger partial charge is 0.493 e. The van der Waals surface area contributed by atoms with E-state index >= 15 is 0 Å². The molecule has 1 aliphatic heterocycles. The van der Waals surface area contributed by atoms with E-state index in [0.29, 0.717) is 23.2 Å². The van der Waals surface area contributed by atoms with Crippen LogP contribution in [0.3, 0.4) is 0 Å². The molecule has 168 valence electrons. The molecule has 0 saturated carbocycles. The molecule has 1 aliphatic rings. The summed E-state index contributed by atoms with van der Waals surface area (Å²) in [6.45, 7) is 2.74. The molecule has 2 aromatic carbocycles. The highest BCUT2D eigenvalue weighted by Gasteiger charge is 2.19. The van der Waals surface area contributed by atoms with Gasteiger partial charge in [-0.25, -0.2) is 0 Å². The lowest BCUT2D eigenvalue weighted by Gasteiger charge is -2.23.